The number of nitrogens with zero attached hydrogens (tertiary/aromatic N) is 1. The van der Waals surface area contributed by atoms with Crippen LogP contribution in [-0.4, -0.2) is 15.7 Å². The van der Waals surface area contributed by atoms with Crippen LogP contribution in [0.4, 0.5) is 5.69 Å². The van der Waals surface area contributed by atoms with Gasteiger partial charge in [-0.2, -0.15) is 0 Å². The Morgan fingerprint density at radius 3 is 2.75 bits per heavy atom. The van der Waals surface area contributed by atoms with Crippen LogP contribution in [-0.2, 0) is 6.42 Å². The number of H-pyrrole nitrogens is 1. The van der Waals surface area contributed by atoms with Crippen LogP contribution in [0.5, 0.6) is 0 Å². The number of non-ortho nitro benzene ring substituents is 1. The summed E-state index contributed by atoms with van der Waals surface area (Å²) in [6, 6.07) is 14.2. The van der Waals surface area contributed by atoms with Crippen LogP contribution in [0.3, 0.4) is 0 Å². The Bertz CT molecular complexity index is 1010. The van der Waals surface area contributed by atoms with Gasteiger partial charge in [0.15, 0.2) is 0 Å². The van der Waals surface area contributed by atoms with E-state index in [1.54, 1.807) is 18.2 Å². The summed E-state index contributed by atoms with van der Waals surface area (Å²) < 4.78 is 0. The molecule has 5 heteroatoms. The van der Waals surface area contributed by atoms with Gasteiger partial charge in [-0.25, -0.2) is 0 Å². The van der Waals surface area contributed by atoms with Crippen molar-refractivity contribution in [3.63, 3.8) is 0 Å². The minimum Gasteiger partial charge on any atom is -0.352 e. The van der Waals surface area contributed by atoms with Crippen molar-refractivity contribution in [2.45, 2.75) is 12.8 Å². The molecule has 2 aromatic carbocycles. The molecule has 1 heterocycles. The molecule has 0 fully saturated rings. The lowest BCUT2D eigenvalue weighted by Gasteiger charge is -2.14. The lowest BCUT2D eigenvalue weighted by Crippen LogP contribution is -2.13. The molecule has 4 rings (SSSR count). The van der Waals surface area contributed by atoms with Gasteiger partial charge in [-0.15, -0.1) is 0 Å². The number of Topliss-reactive ketones (excluding diaryl/α,β-unsaturated/α-hetero) is 1. The van der Waals surface area contributed by atoms with E-state index in [1.807, 2.05) is 24.3 Å². The van der Waals surface area contributed by atoms with E-state index in [4.69, 9.17) is 0 Å². The number of hydrogen-bond acceptors (Lipinski definition) is 3. The van der Waals surface area contributed by atoms with Crippen molar-refractivity contribution >= 4 is 28.4 Å². The van der Waals surface area contributed by atoms with Crippen LogP contribution in [0.15, 0.2) is 54.1 Å². The molecule has 3 aromatic rings. The van der Waals surface area contributed by atoms with E-state index >= 15 is 0 Å². The summed E-state index contributed by atoms with van der Waals surface area (Å²) in [5.74, 6) is -0.0287. The molecule has 1 N–H and O–H groups in total. The predicted molar refractivity (Wildman–Crippen MR) is 92.0 cm³/mol. The fourth-order valence-electron chi connectivity index (χ4n) is 3.25. The monoisotopic (exact) mass is 318 g/mol. The lowest BCUT2D eigenvalue weighted by atomic mass is 9.89. The molecule has 0 aliphatic heterocycles. The highest BCUT2D eigenvalue weighted by Gasteiger charge is 2.25. The Kier molecular flexibility index (Phi) is 3.27. The minimum absolute atomic E-state index is 0.0268. The number of nitro benzene ring substituents is 1. The van der Waals surface area contributed by atoms with Crippen molar-refractivity contribution in [3.05, 3.63) is 81.0 Å². The molecule has 1 aliphatic rings. The van der Waals surface area contributed by atoms with E-state index in [2.05, 4.69) is 4.98 Å². The first-order valence-corrected chi connectivity index (χ1v) is 7.73. The van der Waals surface area contributed by atoms with Crippen LogP contribution in [0.2, 0.25) is 0 Å². The highest BCUT2D eigenvalue weighted by atomic mass is 16.6. The maximum absolute atomic E-state index is 12.8. The molecule has 0 spiro atoms. The van der Waals surface area contributed by atoms with Crippen LogP contribution in [0, 0.1) is 10.1 Å². The average molecular weight is 318 g/mol. The van der Waals surface area contributed by atoms with E-state index < -0.39 is 4.92 Å². The van der Waals surface area contributed by atoms with Gasteiger partial charge in [0.1, 0.15) is 0 Å². The van der Waals surface area contributed by atoms with Gasteiger partial charge in [0.25, 0.3) is 5.69 Å². The summed E-state index contributed by atoms with van der Waals surface area (Å²) in [6.45, 7) is 0. The summed E-state index contributed by atoms with van der Waals surface area (Å²) in [4.78, 5) is 26.4. The number of allylic oxidation sites excluding steroid dienone is 1. The average Bonchev–Trinajstić information content (AvgIpc) is 2.97. The number of fused-ring (bicyclic) bond motifs is 3. The van der Waals surface area contributed by atoms with Gasteiger partial charge >= 0.3 is 0 Å². The van der Waals surface area contributed by atoms with Crippen molar-refractivity contribution in [2.24, 2.45) is 0 Å². The largest absolute Gasteiger partial charge is 0.352 e. The third-order valence-electron chi connectivity index (χ3n) is 4.40. The van der Waals surface area contributed by atoms with Crippen LogP contribution < -0.4 is 0 Å². The fraction of sp³-hybridized carbons (Fsp3) is 0.105. The topological polar surface area (TPSA) is 76.0 Å². The van der Waals surface area contributed by atoms with E-state index in [-0.39, 0.29) is 11.5 Å². The molecule has 118 valence electrons. The molecular formula is C19H14N2O3. The van der Waals surface area contributed by atoms with Gasteiger partial charge in [-0.3, -0.25) is 14.9 Å². The van der Waals surface area contributed by atoms with Crippen molar-refractivity contribution in [1.82, 2.24) is 4.98 Å². The smallest absolute Gasteiger partial charge is 0.270 e. The summed E-state index contributed by atoms with van der Waals surface area (Å²) in [6.07, 6.45) is 3.17. The van der Waals surface area contributed by atoms with Gasteiger partial charge in [-0.05, 0) is 36.1 Å². The molecule has 1 aromatic heterocycles. The Balaban J connectivity index is 1.75. The number of ketones is 1. The fourth-order valence-corrected chi connectivity index (χ4v) is 3.25. The molecule has 0 radical (unpaired) electrons. The summed E-state index contributed by atoms with van der Waals surface area (Å²) in [5, 5.41) is 12.0. The Labute approximate surface area is 137 Å². The number of para-hydroxylation sites is 1. The normalized spacial score (nSPS) is 15.7. The number of hydrogen-bond donors (Lipinski definition) is 1. The number of aromatic amines is 1. The highest BCUT2D eigenvalue weighted by Crippen LogP contribution is 2.32. The van der Waals surface area contributed by atoms with Gasteiger partial charge < -0.3 is 4.98 Å². The van der Waals surface area contributed by atoms with Gasteiger partial charge in [0, 0.05) is 28.6 Å². The number of rotatable bonds is 2. The molecule has 0 saturated heterocycles. The molecular weight excluding hydrogens is 304 g/mol. The molecule has 5 nitrogen and oxygen atoms in total. The van der Waals surface area contributed by atoms with E-state index in [9.17, 15) is 14.9 Å². The number of benzene rings is 2. The molecule has 0 saturated carbocycles. The number of carbonyl (C=O) groups is 1. The van der Waals surface area contributed by atoms with E-state index in [0.717, 1.165) is 22.9 Å². The third kappa shape index (κ3) is 2.31. The second-order valence-electron chi connectivity index (χ2n) is 5.87. The molecule has 1 aliphatic carbocycles. The second kappa shape index (κ2) is 5.45. The maximum Gasteiger partial charge on any atom is 0.270 e. The molecule has 0 unspecified atom stereocenters. The summed E-state index contributed by atoms with van der Waals surface area (Å²) in [5.41, 5.74) is 4.04. The van der Waals surface area contributed by atoms with Crippen LogP contribution in [0.25, 0.3) is 17.0 Å². The number of aromatic nitrogens is 1. The third-order valence-corrected chi connectivity index (χ3v) is 4.40. The van der Waals surface area contributed by atoms with Crippen molar-refractivity contribution in [1.29, 1.82) is 0 Å². The SMILES string of the molecule is O=C1/C(=C/c2cccc([N+](=O)[O-])c2)CCc2c1[nH]c1ccccc21. The first kappa shape index (κ1) is 14.4. The van der Waals surface area contributed by atoms with Crippen LogP contribution in [0.1, 0.15) is 28.0 Å². The maximum atomic E-state index is 12.8. The van der Waals surface area contributed by atoms with Gasteiger partial charge in [0.2, 0.25) is 5.78 Å². The summed E-state index contributed by atoms with van der Waals surface area (Å²) >= 11 is 0. The Morgan fingerprint density at radius 2 is 1.92 bits per heavy atom. The number of nitro groups is 1. The zero-order valence-corrected chi connectivity index (χ0v) is 12.8. The first-order chi connectivity index (χ1) is 11.6. The standard InChI is InChI=1S/C19H14N2O3/c22-19-13(10-12-4-3-5-14(11-12)21(23)24)8-9-16-15-6-1-2-7-17(15)20-18(16)19/h1-7,10-11,20H,8-9H2/b13-10+. The number of carbonyl (C=O) groups excluding carboxylic acids is 1. The number of aryl methyl sites for hydroxylation is 1. The molecule has 0 bridgehead atoms. The van der Waals surface area contributed by atoms with Crippen LogP contribution >= 0.6 is 0 Å². The van der Waals surface area contributed by atoms with Gasteiger partial charge in [-0.1, -0.05) is 30.3 Å². The molecule has 0 atom stereocenters. The minimum atomic E-state index is -0.430. The zero-order chi connectivity index (χ0) is 16.7. The number of nitrogens with one attached hydrogen (secondary N) is 1. The zero-order valence-electron chi connectivity index (χ0n) is 12.8. The Hall–Kier alpha value is -3.21. The van der Waals surface area contributed by atoms with Crippen molar-refractivity contribution in [2.75, 3.05) is 0 Å². The Morgan fingerprint density at radius 1 is 1.08 bits per heavy atom. The quantitative estimate of drug-likeness (QED) is 0.435. The van der Waals surface area contributed by atoms with E-state index in [1.165, 1.54) is 12.1 Å². The van der Waals surface area contributed by atoms with Crippen molar-refractivity contribution < 1.29 is 9.72 Å². The molecule has 24 heavy (non-hydrogen) atoms. The highest BCUT2D eigenvalue weighted by molar-refractivity contribution is 6.15. The molecule has 0 amide bonds. The van der Waals surface area contributed by atoms with Gasteiger partial charge in [0.05, 0.1) is 10.6 Å². The summed E-state index contributed by atoms with van der Waals surface area (Å²) in [7, 11) is 0. The van der Waals surface area contributed by atoms with Crippen molar-refractivity contribution in [3.8, 4) is 0 Å². The lowest BCUT2D eigenvalue weighted by molar-refractivity contribution is -0.384. The second-order valence-corrected chi connectivity index (χ2v) is 5.87. The first-order valence-electron chi connectivity index (χ1n) is 7.73. The predicted octanol–water partition coefficient (Wildman–Crippen LogP) is 4.29. The van der Waals surface area contributed by atoms with E-state index in [0.29, 0.717) is 23.3 Å².